The summed E-state index contributed by atoms with van der Waals surface area (Å²) in [5.41, 5.74) is 0.575. The molecule has 4 unspecified atom stereocenters. The summed E-state index contributed by atoms with van der Waals surface area (Å²) in [6, 6.07) is 0. The Morgan fingerprint density at radius 3 is 2.37 bits per heavy atom. The van der Waals surface area contributed by atoms with E-state index in [0.717, 1.165) is 11.8 Å². The van der Waals surface area contributed by atoms with Gasteiger partial charge in [-0.2, -0.15) is 0 Å². The zero-order valence-corrected chi connectivity index (χ0v) is 14.9. The van der Waals surface area contributed by atoms with Crippen LogP contribution in [0.5, 0.6) is 0 Å². The van der Waals surface area contributed by atoms with Crippen molar-refractivity contribution >= 4 is 15.9 Å². The van der Waals surface area contributed by atoms with Crippen LogP contribution in [0.1, 0.15) is 73.1 Å². The van der Waals surface area contributed by atoms with Gasteiger partial charge in [0.05, 0.1) is 11.7 Å². The maximum atomic E-state index is 6.20. The van der Waals surface area contributed by atoms with Gasteiger partial charge in [-0.25, -0.2) is 0 Å². The van der Waals surface area contributed by atoms with Crippen molar-refractivity contribution in [2.45, 2.75) is 89.7 Å². The number of alkyl halides is 1. The number of ether oxygens (including phenoxy) is 1. The number of halogens is 1. The Balaban J connectivity index is 1.91. The van der Waals surface area contributed by atoms with Gasteiger partial charge in [0, 0.05) is 4.83 Å². The van der Waals surface area contributed by atoms with Crippen molar-refractivity contribution in [1.82, 2.24) is 0 Å². The van der Waals surface area contributed by atoms with E-state index < -0.39 is 0 Å². The third kappa shape index (κ3) is 4.20. The van der Waals surface area contributed by atoms with Gasteiger partial charge in [-0.1, -0.05) is 36.7 Å². The summed E-state index contributed by atoms with van der Waals surface area (Å²) in [5.74, 6) is 1.68. The zero-order chi connectivity index (χ0) is 14.3. The maximum Gasteiger partial charge on any atom is 0.0631 e. The Morgan fingerprint density at radius 2 is 1.84 bits per heavy atom. The van der Waals surface area contributed by atoms with Gasteiger partial charge >= 0.3 is 0 Å². The van der Waals surface area contributed by atoms with Crippen molar-refractivity contribution in [2.75, 3.05) is 0 Å². The largest absolute Gasteiger partial charge is 0.372 e. The molecule has 1 nitrogen and oxygen atoms in total. The fraction of sp³-hybridized carbons (Fsp3) is 1.00. The van der Waals surface area contributed by atoms with E-state index in [9.17, 15) is 0 Å². The Labute approximate surface area is 128 Å². The summed E-state index contributed by atoms with van der Waals surface area (Å²) in [4.78, 5) is 0.707. The van der Waals surface area contributed by atoms with Crippen molar-refractivity contribution < 1.29 is 4.74 Å². The monoisotopic (exact) mass is 330 g/mol. The van der Waals surface area contributed by atoms with Crippen molar-refractivity contribution in [1.29, 1.82) is 0 Å². The summed E-state index contributed by atoms with van der Waals surface area (Å²) in [5, 5.41) is 0. The van der Waals surface area contributed by atoms with Crippen LogP contribution in [0.4, 0.5) is 0 Å². The van der Waals surface area contributed by atoms with Gasteiger partial charge in [-0.15, -0.1) is 0 Å². The first kappa shape index (κ1) is 15.8. The molecule has 0 radical (unpaired) electrons. The van der Waals surface area contributed by atoms with E-state index >= 15 is 0 Å². The second-order valence-electron chi connectivity index (χ2n) is 8.43. The lowest BCUT2D eigenvalue weighted by atomic mass is 9.68. The number of rotatable bonds is 2. The summed E-state index contributed by atoms with van der Waals surface area (Å²) < 4.78 is 6.20. The van der Waals surface area contributed by atoms with Gasteiger partial charge in [0.15, 0.2) is 0 Å². The molecule has 19 heavy (non-hydrogen) atoms. The van der Waals surface area contributed by atoms with E-state index in [2.05, 4.69) is 50.5 Å². The summed E-state index contributed by atoms with van der Waals surface area (Å²) in [6.07, 6.45) is 8.32. The molecule has 2 fully saturated rings. The molecule has 0 bridgehead atoms. The summed E-state index contributed by atoms with van der Waals surface area (Å²) in [6.45, 7) is 11.7. The fourth-order valence-electron chi connectivity index (χ4n) is 3.84. The van der Waals surface area contributed by atoms with Crippen molar-refractivity contribution in [3.63, 3.8) is 0 Å². The lowest BCUT2D eigenvalue weighted by Gasteiger charge is -2.41. The topological polar surface area (TPSA) is 9.23 Å². The molecule has 1 saturated carbocycles. The fourth-order valence-corrected chi connectivity index (χ4v) is 4.53. The summed E-state index contributed by atoms with van der Waals surface area (Å²) >= 11 is 3.93. The van der Waals surface area contributed by atoms with E-state index in [-0.39, 0.29) is 5.60 Å². The van der Waals surface area contributed by atoms with Crippen LogP contribution in [-0.4, -0.2) is 16.5 Å². The molecular formula is C17H31BrO. The SMILES string of the molecule is CC1(C)CCC(CC2CC(C(C)(C)C)CCC2Br)O1. The van der Waals surface area contributed by atoms with Crippen molar-refractivity contribution in [2.24, 2.45) is 17.3 Å². The molecule has 112 valence electrons. The second-order valence-corrected chi connectivity index (χ2v) is 9.60. The van der Waals surface area contributed by atoms with Gasteiger partial charge in [-0.05, 0) is 69.6 Å². The first-order chi connectivity index (χ1) is 8.67. The molecule has 4 atom stereocenters. The first-order valence-electron chi connectivity index (χ1n) is 7.99. The predicted molar refractivity (Wildman–Crippen MR) is 85.8 cm³/mol. The van der Waals surface area contributed by atoms with Gasteiger partial charge in [0.2, 0.25) is 0 Å². The third-order valence-corrected chi connectivity index (χ3v) is 6.44. The molecule has 0 amide bonds. The van der Waals surface area contributed by atoms with Crippen molar-refractivity contribution in [3.8, 4) is 0 Å². The average Bonchev–Trinajstić information content (AvgIpc) is 2.60. The molecule has 2 aliphatic rings. The first-order valence-corrected chi connectivity index (χ1v) is 8.91. The van der Waals surface area contributed by atoms with Crippen LogP contribution in [0.25, 0.3) is 0 Å². The average molecular weight is 331 g/mol. The minimum Gasteiger partial charge on any atom is -0.372 e. The van der Waals surface area contributed by atoms with Crippen LogP contribution < -0.4 is 0 Å². The van der Waals surface area contributed by atoms with Gasteiger partial charge < -0.3 is 4.74 Å². The quantitative estimate of drug-likeness (QED) is 0.602. The molecule has 0 spiro atoms. The van der Waals surface area contributed by atoms with Crippen LogP contribution in [0, 0.1) is 17.3 Å². The highest BCUT2D eigenvalue weighted by atomic mass is 79.9. The molecule has 0 aromatic heterocycles. The molecule has 0 N–H and O–H groups in total. The van der Waals surface area contributed by atoms with Crippen LogP contribution in [0.3, 0.4) is 0 Å². The minimum atomic E-state index is 0.116. The Hall–Kier alpha value is 0.440. The van der Waals surface area contributed by atoms with Gasteiger partial charge in [-0.3, -0.25) is 0 Å². The van der Waals surface area contributed by atoms with E-state index in [4.69, 9.17) is 4.74 Å². The molecule has 2 rings (SSSR count). The smallest absolute Gasteiger partial charge is 0.0631 e. The Kier molecular flexibility index (Phi) is 4.72. The highest BCUT2D eigenvalue weighted by Crippen LogP contribution is 2.45. The van der Waals surface area contributed by atoms with E-state index in [1.807, 2.05) is 0 Å². The highest BCUT2D eigenvalue weighted by Gasteiger charge is 2.38. The molecule has 2 heteroatoms. The molecular weight excluding hydrogens is 300 g/mol. The van der Waals surface area contributed by atoms with Gasteiger partial charge in [0.1, 0.15) is 0 Å². The van der Waals surface area contributed by atoms with E-state index in [1.54, 1.807) is 0 Å². The predicted octanol–water partition coefficient (Wildman–Crippen LogP) is 5.56. The molecule has 1 saturated heterocycles. The second kappa shape index (κ2) is 5.67. The third-order valence-electron chi connectivity index (χ3n) is 5.23. The Bertz CT molecular complexity index is 305. The van der Waals surface area contributed by atoms with E-state index in [0.29, 0.717) is 16.3 Å². The molecule has 0 aromatic rings. The number of hydrogen-bond donors (Lipinski definition) is 0. The van der Waals surface area contributed by atoms with Crippen LogP contribution in [0.2, 0.25) is 0 Å². The zero-order valence-electron chi connectivity index (χ0n) is 13.3. The standard InChI is InChI=1S/C17H31BrO/c1-16(2,3)13-6-7-15(18)12(10-13)11-14-8-9-17(4,5)19-14/h12-15H,6-11H2,1-5H3. The lowest BCUT2D eigenvalue weighted by molar-refractivity contribution is -0.0290. The molecule has 1 heterocycles. The normalized spacial score (nSPS) is 39.5. The number of hydrogen-bond acceptors (Lipinski definition) is 1. The van der Waals surface area contributed by atoms with Crippen LogP contribution in [0.15, 0.2) is 0 Å². The Morgan fingerprint density at radius 1 is 1.16 bits per heavy atom. The van der Waals surface area contributed by atoms with Crippen LogP contribution >= 0.6 is 15.9 Å². The summed E-state index contributed by atoms with van der Waals surface area (Å²) in [7, 11) is 0. The lowest BCUT2D eigenvalue weighted by Crippen LogP contribution is -2.34. The minimum absolute atomic E-state index is 0.116. The molecule has 0 aromatic carbocycles. The van der Waals surface area contributed by atoms with E-state index in [1.165, 1.54) is 38.5 Å². The highest BCUT2D eigenvalue weighted by molar-refractivity contribution is 9.09. The maximum absolute atomic E-state index is 6.20. The van der Waals surface area contributed by atoms with Gasteiger partial charge in [0.25, 0.3) is 0 Å². The van der Waals surface area contributed by atoms with Crippen LogP contribution in [-0.2, 0) is 4.74 Å². The molecule has 1 aliphatic carbocycles. The molecule has 1 aliphatic heterocycles. The van der Waals surface area contributed by atoms with Crippen molar-refractivity contribution in [3.05, 3.63) is 0 Å².